The average Bonchev–Trinajstić information content (AvgIpc) is 3.03. The van der Waals surface area contributed by atoms with Crippen molar-refractivity contribution in [1.82, 2.24) is 15.2 Å². The summed E-state index contributed by atoms with van der Waals surface area (Å²) < 4.78 is 38.7. The van der Waals surface area contributed by atoms with E-state index in [2.05, 4.69) is 21.2 Å². The van der Waals surface area contributed by atoms with Crippen molar-refractivity contribution in [1.29, 1.82) is 0 Å². The van der Waals surface area contributed by atoms with Crippen molar-refractivity contribution in [3.8, 4) is 11.4 Å². The van der Waals surface area contributed by atoms with E-state index in [-0.39, 0.29) is 18.7 Å². The third kappa shape index (κ3) is 1.60. The van der Waals surface area contributed by atoms with Crippen LogP contribution in [0.3, 0.4) is 0 Å². The molecule has 2 aromatic rings. The van der Waals surface area contributed by atoms with Gasteiger partial charge in [-0.15, -0.1) is 0 Å². The van der Waals surface area contributed by atoms with Crippen LogP contribution in [0.4, 0.5) is 13.2 Å². The molecule has 0 amide bonds. The van der Waals surface area contributed by atoms with Crippen LogP contribution < -0.4 is 0 Å². The standard InChI is InChI=1S/C12H9F3N3/c13-12(14,15)11(6-7-11)10-16-9(17-18-10)8-4-2-1-3-5-8/h1-4H,6-7H2,(H,16,17,18). The third-order valence-electron chi connectivity index (χ3n) is 3.17. The fourth-order valence-corrected chi connectivity index (χ4v) is 1.90. The number of halogens is 3. The van der Waals surface area contributed by atoms with Crippen molar-refractivity contribution in [3.05, 3.63) is 36.2 Å². The van der Waals surface area contributed by atoms with Crippen LogP contribution in [-0.2, 0) is 5.41 Å². The Bertz CT molecular complexity index is 555. The zero-order valence-electron chi connectivity index (χ0n) is 9.25. The largest absolute Gasteiger partial charge is 0.401 e. The smallest absolute Gasteiger partial charge is 0.259 e. The number of hydrogen-bond donors (Lipinski definition) is 1. The van der Waals surface area contributed by atoms with E-state index in [1.54, 1.807) is 24.3 Å². The molecule has 18 heavy (non-hydrogen) atoms. The summed E-state index contributed by atoms with van der Waals surface area (Å²) in [6.45, 7) is 0. The molecule has 0 spiro atoms. The van der Waals surface area contributed by atoms with Gasteiger partial charge in [0.2, 0.25) is 0 Å². The molecular weight excluding hydrogens is 243 g/mol. The summed E-state index contributed by atoms with van der Waals surface area (Å²) >= 11 is 0. The van der Waals surface area contributed by atoms with Gasteiger partial charge >= 0.3 is 6.18 Å². The summed E-state index contributed by atoms with van der Waals surface area (Å²) in [6.07, 6.45) is -4.16. The van der Waals surface area contributed by atoms with Gasteiger partial charge in [-0.25, -0.2) is 4.98 Å². The number of nitrogens with zero attached hydrogens (tertiary/aromatic N) is 2. The molecule has 0 unspecified atom stereocenters. The molecule has 6 heteroatoms. The Balaban J connectivity index is 1.96. The van der Waals surface area contributed by atoms with Gasteiger partial charge in [-0.05, 0) is 18.9 Å². The summed E-state index contributed by atoms with van der Waals surface area (Å²) in [5.41, 5.74) is -1.23. The van der Waals surface area contributed by atoms with E-state index in [1.807, 2.05) is 0 Å². The monoisotopic (exact) mass is 252 g/mol. The van der Waals surface area contributed by atoms with Gasteiger partial charge in [0.15, 0.2) is 11.6 Å². The van der Waals surface area contributed by atoms with Crippen LogP contribution in [0.5, 0.6) is 0 Å². The van der Waals surface area contributed by atoms with E-state index in [1.165, 1.54) is 0 Å². The average molecular weight is 252 g/mol. The first kappa shape index (κ1) is 11.3. The molecule has 1 radical (unpaired) electrons. The molecule has 3 rings (SSSR count). The van der Waals surface area contributed by atoms with Gasteiger partial charge in [0.1, 0.15) is 5.41 Å². The molecule has 1 aromatic carbocycles. The lowest BCUT2D eigenvalue weighted by atomic mass is 10.1. The minimum atomic E-state index is -4.28. The van der Waals surface area contributed by atoms with Crippen LogP contribution in [0.15, 0.2) is 24.3 Å². The Hall–Kier alpha value is -1.85. The third-order valence-corrected chi connectivity index (χ3v) is 3.17. The number of H-pyrrole nitrogens is 1. The van der Waals surface area contributed by atoms with Gasteiger partial charge < -0.3 is 0 Å². The first-order chi connectivity index (χ1) is 8.53. The van der Waals surface area contributed by atoms with Crippen LogP contribution in [0.25, 0.3) is 11.4 Å². The second-order valence-corrected chi connectivity index (χ2v) is 4.36. The van der Waals surface area contributed by atoms with Crippen LogP contribution in [-0.4, -0.2) is 21.4 Å². The minimum Gasteiger partial charge on any atom is -0.259 e. The Morgan fingerprint density at radius 1 is 1.28 bits per heavy atom. The summed E-state index contributed by atoms with van der Waals surface area (Å²) in [6, 6.07) is 9.83. The highest BCUT2D eigenvalue weighted by atomic mass is 19.4. The van der Waals surface area contributed by atoms with E-state index in [0.717, 1.165) is 0 Å². The second kappa shape index (κ2) is 3.57. The van der Waals surface area contributed by atoms with E-state index in [4.69, 9.17) is 0 Å². The summed E-state index contributed by atoms with van der Waals surface area (Å²) in [7, 11) is 0. The van der Waals surface area contributed by atoms with E-state index < -0.39 is 11.6 Å². The Morgan fingerprint density at radius 3 is 2.61 bits per heavy atom. The lowest BCUT2D eigenvalue weighted by Crippen LogP contribution is -2.29. The maximum absolute atomic E-state index is 12.9. The summed E-state index contributed by atoms with van der Waals surface area (Å²) in [4.78, 5) is 3.96. The lowest BCUT2D eigenvalue weighted by Gasteiger charge is -2.14. The quantitative estimate of drug-likeness (QED) is 0.892. The van der Waals surface area contributed by atoms with E-state index in [0.29, 0.717) is 11.4 Å². The number of nitrogens with one attached hydrogen (secondary N) is 1. The fraction of sp³-hybridized carbons (Fsp3) is 0.333. The zero-order chi connectivity index (χ0) is 12.8. The molecule has 0 aliphatic heterocycles. The summed E-state index contributed by atoms with van der Waals surface area (Å²) in [5.74, 6) is 0.156. The van der Waals surface area contributed by atoms with Crippen molar-refractivity contribution < 1.29 is 13.2 Å². The normalized spacial score (nSPS) is 17.7. The number of aromatic amines is 1. The maximum Gasteiger partial charge on any atom is 0.401 e. The summed E-state index contributed by atoms with van der Waals surface area (Å²) in [5, 5.41) is 6.26. The Labute approximate surface area is 101 Å². The number of rotatable bonds is 2. The Kier molecular flexibility index (Phi) is 2.23. The molecule has 0 saturated heterocycles. The molecule has 0 atom stereocenters. The number of benzene rings is 1. The van der Waals surface area contributed by atoms with E-state index in [9.17, 15) is 13.2 Å². The van der Waals surface area contributed by atoms with Gasteiger partial charge in [-0.3, -0.25) is 5.10 Å². The van der Waals surface area contributed by atoms with Crippen molar-refractivity contribution >= 4 is 0 Å². The number of hydrogen-bond acceptors (Lipinski definition) is 2. The van der Waals surface area contributed by atoms with Gasteiger partial charge in [0, 0.05) is 5.56 Å². The van der Waals surface area contributed by atoms with Crippen molar-refractivity contribution in [2.45, 2.75) is 24.4 Å². The molecule has 3 nitrogen and oxygen atoms in total. The fourth-order valence-electron chi connectivity index (χ4n) is 1.90. The highest BCUT2D eigenvalue weighted by Gasteiger charge is 2.66. The van der Waals surface area contributed by atoms with Crippen molar-refractivity contribution in [3.63, 3.8) is 0 Å². The zero-order valence-corrected chi connectivity index (χ0v) is 9.25. The number of alkyl halides is 3. The Morgan fingerprint density at radius 2 is 2.06 bits per heavy atom. The molecule has 1 aliphatic carbocycles. The first-order valence-corrected chi connectivity index (χ1v) is 5.50. The second-order valence-electron chi connectivity index (χ2n) is 4.36. The van der Waals surface area contributed by atoms with Gasteiger partial charge in [0.05, 0.1) is 0 Å². The van der Waals surface area contributed by atoms with Gasteiger partial charge in [-0.2, -0.15) is 18.3 Å². The first-order valence-electron chi connectivity index (χ1n) is 5.50. The molecule has 1 saturated carbocycles. The van der Waals surface area contributed by atoms with Crippen LogP contribution >= 0.6 is 0 Å². The molecule has 1 N–H and O–H groups in total. The molecule has 1 heterocycles. The van der Waals surface area contributed by atoms with Crippen LogP contribution in [0.2, 0.25) is 0 Å². The molecule has 1 aromatic heterocycles. The minimum absolute atomic E-state index is 0.0618. The molecular formula is C12H9F3N3. The van der Waals surface area contributed by atoms with Crippen molar-refractivity contribution in [2.75, 3.05) is 0 Å². The molecule has 1 fully saturated rings. The number of aromatic nitrogens is 3. The maximum atomic E-state index is 12.9. The molecule has 93 valence electrons. The van der Waals surface area contributed by atoms with E-state index >= 15 is 0 Å². The molecule has 0 bridgehead atoms. The van der Waals surface area contributed by atoms with Crippen molar-refractivity contribution in [2.24, 2.45) is 0 Å². The highest BCUT2D eigenvalue weighted by Crippen LogP contribution is 2.57. The predicted octanol–water partition coefficient (Wildman–Crippen LogP) is 2.87. The predicted molar refractivity (Wildman–Crippen MR) is 57.6 cm³/mol. The SMILES string of the molecule is FC(F)(F)C1(c2n[nH]c(-c3[c]cccc3)n2)CC1. The highest BCUT2D eigenvalue weighted by molar-refractivity contribution is 5.53. The topological polar surface area (TPSA) is 41.6 Å². The lowest BCUT2D eigenvalue weighted by molar-refractivity contribution is -0.162. The van der Waals surface area contributed by atoms with Crippen LogP contribution in [0.1, 0.15) is 18.7 Å². The van der Waals surface area contributed by atoms with Gasteiger partial charge in [0.25, 0.3) is 0 Å². The van der Waals surface area contributed by atoms with Crippen LogP contribution in [0, 0.1) is 6.07 Å². The van der Waals surface area contributed by atoms with Gasteiger partial charge in [-0.1, -0.05) is 24.3 Å². The molecule has 1 aliphatic rings.